The third-order valence-electron chi connectivity index (χ3n) is 5.25. The van der Waals surface area contributed by atoms with Crippen molar-refractivity contribution in [1.29, 1.82) is 0 Å². The van der Waals surface area contributed by atoms with Crippen molar-refractivity contribution < 1.29 is 4.79 Å². The molecule has 0 spiro atoms. The third-order valence-corrected chi connectivity index (χ3v) is 5.25. The molecule has 30 heavy (non-hydrogen) atoms. The van der Waals surface area contributed by atoms with Gasteiger partial charge >= 0.3 is 0 Å². The van der Waals surface area contributed by atoms with Crippen molar-refractivity contribution in [3.05, 3.63) is 48.5 Å². The summed E-state index contributed by atoms with van der Waals surface area (Å²) in [7, 11) is 1.82. The lowest BCUT2D eigenvalue weighted by Crippen LogP contribution is -2.29. The Bertz CT molecular complexity index is 1210. The van der Waals surface area contributed by atoms with Gasteiger partial charge in [0.05, 0.1) is 29.5 Å². The summed E-state index contributed by atoms with van der Waals surface area (Å²) in [4.78, 5) is 21.4. The van der Waals surface area contributed by atoms with Crippen molar-refractivity contribution in [2.45, 2.75) is 18.9 Å². The normalized spacial score (nSPS) is 14.8. The van der Waals surface area contributed by atoms with E-state index >= 15 is 0 Å². The van der Waals surface area contributed by atoms with Gasteiger partial charge in [-0.2, -0.15) is 5.10 Å². The van der Waals surface area contributed by atoms with Crippen LogP contribution < -0.4 is 10.6 Å². The van der Waals surface area contributed by atoms with Gasteiger partial charge in [0.25, 0.3) is 5.91 Å². The summed E-state index contributed by atoms with van der Waals surface area (Å²) >= 11 is 0. The molecule has 10 nitrogen and oxygen atoms in total. The van der Waals surface area contributed by atoms with Crippen LogP contribution in [0.25, 0.3) is 22.2 Å². The third kappa shape index (κ3) is 3.64. The second-order valence-electron chi connectivity index (χ2n) is 7.39. The van der Waals surface area contributed by atoms with E-state index < -0.39 is 0 Å². The summed E-state index contributed by atoms with van der Waals surface area (Å²) in [6, 6.07) is 6.10. The number of piperidine rings is 1. The molecular formula is C20H21N9O. The minimum Gasteiger partial charge on any atom is -0.317 e. The molecule has 1 aliphatic heterocycles. The molecule has 1 aliphatic rings. The highest BCUT2D eigenvalue weighted by molar-refractivity contribution is 6.03. The van der Waals surface area contributed by atoms with Crippen LogP contribution in [-0.2, 0) is 7.05 Å². The number of carbonyl (C=O) groups is 1. The molecule has 1 saturated heterocycles. The highest BCUT2D eigenvalue weighted by atomic mass is 16.1. The topological polar surface area (TPSA) is 115 Å². The van der Waals surface area contributed by atoms with E-state index in [1.165, 1.54) is 0 Å². The molecule has 0 saturated carbocycles. The van der Waals surface area contributed by atoms with Crippen molar-refractivity contribution in [1.82, 2.24) is 40.1 Å². The molecule has 152 valence electrons. The van der Waals surface area contributed by atoms with Gasteiger partial charge in [-0.25, -0.2) is 9.97 Å². The molecule has 4 heterocycles. The molecule has 0 aliphatic carbocycles. The van der Waals surface area contributed by atoms with Gasteiger partial charge in [0.15, 0.2) is 0 Å². The van der Waals surface area contributed by atoms with Crippen molar-refractivity contribution >= 4 is 22.8 Å². The Balaban J connectivity index is 1.35. The number of hydrogen-bond donors (Lipinski definition) is 2. The van der Waals surface area contributed by atoms with E-state index in [9.17, 15) is 4.79 Å². The van der Waals surface area contributed by atoms with Gasteiger partial charge in [0.1, 0.15) is 5.69 Å². The summed E-state index contributed by atoms with van der Waals surface area (Å²) in [5.74, 6) is -0.0296. The summed E-state index contributed by atoms with van der Waals surface area (Å²) in [6.07, 6.45) is 8.92. The molecule has 10 heteroatoms. The van der Waals surface area contributed by atoms with Crippen molar-refractivity contribution in [3.63, 3.8) is 0 Å². The van der Waals surface area contributed by atoms with Crippen LogP contribution >= 0.6 is 0 Å². The first-order valence-corrected chi connectivity index (χ1v) is 9.85. The van der Waals surface area contributed by atoms with Gasteiger partial charge < -0.3 is 5.32 Å². The molecule has 0 unspecified atom stereocenters. The maximum Gasteiger partial charge on any atom is 0.261 e. The Hall–Kier alpha value is -3.66. The molecule has 0 bridgehead atoms. The first-order valence-electron chi connectivity index (χ1n) is 9.85. The van der Waals surface area contributed by atoms with Gasteiger partial charge in [0.2, 0.25) is 5.95 Å². The zero-order chi connectivity index (χ0) is 20.5. The monoisotopic (exact) mass is 403 g/mol. The Morgan fingerprint density at radius 1 is 1.20 bits per heavy atom. The Labute approximate surface area is 172 Å². The van der Waals surface area contributed by atoms with Crippen LogP contribution in [0.15, 0.2) is 43.0 Å². The van der Waals surface area contributed by atoms with Gasteiger partial charge in [-0.1, -0.05) is 17.3 Å². The highest BCUT2D eigenvalue weighted by Gasteiger charge is 2.18. The standard InChI is InChI=1S/C20H21N9O/c1-28-12-18(26-27-28)13-2-3-14-9-22-20(24-17(14)8-13)25-19(30)15-10-23-29(11-15)16-4-6-21-7-5-16/h2-3,8-12,16,21H,4-7H2,1H3,(H,22,24,25,30). The number of benzene rings is 1. The van der Waals surface area contributed by atoms with Crippen LogP contribution in [0.1, 0.15) is 29.2 Å². The first kappa shape index (κ1) is 18.4. The minimum atomic E-state index is -0.278. The quantitative estimate of drug-likeness (QED) is 0.534. The number of amides is 1. The summed E-state index contributed by atoms with van der Waals surface area (Å²) in [6.45, 7) is 1.93. The fourth-order valence-corrected chi connectivity index (χ4v) is 3.62. The van der Waals surface area contributed by atoms with Crippen LogP contribution in [0.4, 0.5) is 5.95 Å². The molecule has 0 radical (unpaired) electrons. The fourth-order valence-electron chi connectivity index (χ4n) is 3.62. The number of rotatable bonds is 4. The van der Waals surface area contributed by atoms with E-state index in [-0.39, 0.29) is 11.9 Å². The van der Waals surface area contributed by atoms with Crippen LogP contribution in [0, 0.1) is 0 Å². The number of aryl methyl sites for hydroxylation is 1. The lowest BCUT2D eigenvalue weighted by atomic mass is 10.1. The molecule has 5 rings (SSSR count). The van der Waals surface area contributed by atoms with Crippen molar-refractivity contribution in [2.24, 2.45) is 7.05 Å². The molecule has 0 atom stereocenters. The highest BCUT2D eigenvalue weighted by Crippen LogP contribution is 2.22. The number of aromatic nitrogens is 7. The van der Waals surface area contributed by atoms with E-state index in [1.54, 1.807) is 23.3 Å². The number of nitrogens with zero attached hydrogens (tertiary/aromatic N) is 7. The van der Waals surface area contributed by atoms with E-state index in [0.717, 1.165) is 42.6 Å². The minimum absolute atomic E-state index is 0.249. The van der Waals surface area contributed by atoms with E-state index in [2.05, 4.69) is 36.0 Å². The Morgan fingerprint density at radius 2 is 2.07 bits per heavy atom. The maximum atomic E-state index is 12.7. The molecule has 2 N–H and O–H groups in total. The van der Waals surface area contributed by atoms with E-state index in [4.69, 9.17) is 0 Å². The second kappa shape index (κ2) is 7.64. The molecule has 1 fully saturated rings. The van der Waals surface area contributed by atoms with Crippen LogP contribution in [0.5, 0.6) is 0 Å². The second-order valence-corrected chi connectivity index (χ2v) is 7.39. The van der Waals surface area contributed by atoms with E-state index in [1.807, 2.05) is 36.1 Å². The van der Waals surface area contributed by atoms with Crippen LogP contribution in [-0.4, -0.2) is 53.7 Å². The van der Waals surface area contributed by atoms with Gasteiger partial charge in [-0.05, 0) is 32.0 Å². The lowest BCUT2D eigenvalue weighted by Gasteiger charge is -2.22. The Kier molecular flexibility index (Phi) is 4.68. The molecule has 3 aromatic heterocycles. The SMILES string of the molecule is Cn1cc(-c2ccc3cnc(NC(=O)c4cnn(C5CCNCC5)c4)nc3c2)nn1. The van der Waals surface area contributed by atoms with Gasteiger partial charge in [-0.15, -0.1) is 5.10 Å². The van der Waals surface area contributed by atoms with Crippen LogP contribution in [0.3, 0.4) is 0 Å². The molecular weight excluding hydrogens is 382 g/mol. The molecule has 1 amide bonds. The smallest absolute Gasteiger partial charge is 0.261 e. The van der Waals surface area contributed by atoms with Crippen molar-refractivity contribution in [2.75, 3.05) is 18.4 Å². The van der Waals surface area contributed by atoms with Gasteiger partial charge in [0, 0.05) is 30.4 Å². The average molecular weight is 403 g/mol. The summed E-state index contributed by atoms with van der Waals surface area (Å²) in [5.41, 5.74) is 2.86. The fraction of sp³-hybridized carbons (Fsp3) is 0.300. The predicted molar refractivity (Wildman–Crippen MR) is 111 cm³/mol. The predicted octanol–water partition coefficient (Wildman–Crippen LogP) is 1.80. The van der Waals surface area contributed by atoms with Crippen molar-refractivity contribution in [3.8, 4) is 11.3 Å². The first-order chi connectivity index (χ1) is 14.7. The zero-order valence-electron chi connectivity index (χ0n) is 16.5. The lowest BCUT2D eigenvalue weighted by molar-refractivity contribution is 0.102. The summed E-state index contributed by atoms with van der Waals surface area (Å²) in [5, 5.41) is 19.4. The average Bonchev–Trinajstić information content (AvgIpc) is 3.43. The Morgan fingerprint density at radius 3 is 2.87 bits per heavy atom. The number of fused-ring (bicyclic) bond motifs is 1. The summed E-state index contributed by atoms with van der Waals surface area (Å²) < 4.78 is 3.53. The zero-order valence-corrected chi connectivity index (χ0v) is 16.5. The van der Waals surface area contributed by atoms with Crippen LogP contribution in [0.2, 0.25) is 0 Å². The molecule has 1 aromatic carbocycles. The number of nitrogens with one attached hydrogen (secondary N) is 2. The number of hydrogen-bond acceptors (Lipinski definition) is 7. The molecule has 4 aromatic rings. The largest absolute Gasteiger partial charge is 0.317 e. The maximum absolute atomic E-state index is 12.7. The number of carbonyl (C=O) groups excluding carboxylic acids is 1. The van der Waals surface area contributed by atoms with Gasteiger partial charge in [-0.3, -0.25) is 19.5 Å². The number of anilines is 1. The van der Waals surface area contributed by atoms with E-state index in [0.29, 0.717) is 17.1 Å².